The Hall–Kier alpha value is -1.17. The lowest BCUT2D eigenvalue weighted by Gasteiger charge is -2.63. The summed E-state index contributed by atoms with van der Waals surface area (Å²) in [5.74, 6) is -0.123. The van der Waals surface area contributed by atoms with Gasteiger partial charge in [-0.2, -0.15) is 0 Å². The summed E-state index contributed by atoms with van der Waals surface area (Å²) in [6.07, 6.45) is 4.82. The topological polar surface area (TPSA) is 87.0 Å². The van der Waals surface area contributed by atoms with E-state index in [0.29, 0.717) is 18.4 Å². The molecule has 6 atom stereocenters. The second kappa shape index (κ2) is 6.47. The first-order valence-corrected chi connectivity index (χ1v) is 9.63. The van der Waals surface area contributed by atoms with Gasteiger partial charge in [0.2, 0.25) is 0 Å². The molecule has 0 spiro atoms. The minimum absolute atomic E-state index is 0.0294. The van der Waals surface area contributed by atoms with Gasteiger partial charge in [0.05, 0.1) is 17.8 Å². The number of carbonyl (C=O) groups is 1. The van der Waals surface area contributed by atoms with Gasteiger partial charge in [-0.05, 0) is 56.3 Å². The Morgan fingerprint density at radius 3 is 2.58 bits per heavy atom. The van der Waals surface area contributed by atoms with Gasteiger partial charge < -0.3 is 20.1 Å². The highest BCUT2D eigenvalue weighted by Crippen LogP contribution is 2.64. The summed E-state index contributed by atoms with van der Waals surface area (Å²) in [4.78, 5) is 11.8. The van der Waals surface area contributed by atoms with E-state index < -0.39 is 23.1 Å². The lowest BCUT2D eigenvalue weighted by Crippen LogP contribution is -2.62. The number of aliphatic hydroxyl groups is 3. The lowest BCUT2D eigenvalue weighted by molar-refractivity contribution is -0.201. The third-order valence-corrected chi connectivity index (χ3v) is 7.86. The second-order valence-corrected chi connectivity index (χ2v) is 9.17. The molecule has 2 aliphatic carbocycles. The predicted molar refractivity (Wildman–Crippen MR) is 98.2 cm³/mol. The van der Waals surface area contributed by atoms with Crippen molar-refractivity contribution in [1.82, 2.24) is 0 Å². The molecule has 0 aromatic carbocycles. The molecule has 1 aliphatic heterocycles. The summed E-state index contributed by atoms with van der Waals surface area (Å²) in [6, 6.07) is 0. The number of hydrogen-bond acceptors (Lipinski definition) is 5. The van der Waals surface area contributed by atoms with Crippen LogP contribution in [0.1, 0.15) is 52.9 Å². The van der Waals surface area contributed by atoms with E-state index in [9.17, 15) is 20.1 Å². The third-order valence-electron chi connectivity index (χ3n) is 7.86. The molecule has 3 fully saturated rings. The third kappa shape index (κ3) is 2.76. The SMILES string of the molecule is C=C1CC[C@H]2[C@@](C)(CC[C@](C)(O)[C@]2(C)CO)[C@H]1C/C=C1/C(=O)OC[C@H]1O. The van der Waals surface area contributed by atoms with Gasteiger partial charge in [0, 0.05) is 5.41 Å². The number of allylic oxidation sites excluding steroid dienone is 2. The molecule has 2 saturated carbocycles. The fourth-order valence-electron chi connectivity index (χ4n) is 5.76. The van der Waals surface area contributed by atoms with Crippen molar-refractivity contribution in [3.63, 3.8) is 0 Å². The molecule has 146 valence electrons. The first kappa shape index (κ1) is 19.6. The number of cyclic esters (lactones) is 1. The fourth-order valence-corrected chi connectivity index (χ4v) is 5.76. The van der Waals surface area contributed by atoms with Crippen LogP contribution in [0.15, 0.2) is 23.8 Å². The van der Waals surface area contributed by atoms with Crippen LogP contribution in [0.4, 0.5) is 0 Å². The van der Waals surface area contributed by atoms with Gasteiger partial charge in [-0.3, -0.25) is 0 Å². The van der Waals surface area contributed by atoms with Gasteiger partial charge in [0.1, 0.15) is 12.7 Å². The fraction of sp³-hybridized carbons (Fsp3) is 0.762. The van der Waals surface area contributed by atoms with Crippen LogP contribution in [-0.4, -0.2) is 46.2 Å². The van der Waals surface area contributed by atoms with Crippen molar-refractivity contribution in [1.29, 1.82) is 0 Å². The summed E-state index contributed by atoms with van der Waals surface area (Å²) in [7, 11) is 0. The largest absolute Gasteiger partial charge is 0.459 e. The van der Waals surface area contributed by atoms with Crippen molar-refractivity contribution >= 4 is 5.97 Å². The van der Waals surface area contributed by atoms with E-state index in [0.717, 1.165) is 24.8 Å². The van der Waals surface area contributed by atoms with Crippen molar-refractivity contribution in [3.05, 3.63) is 23.8 Å². The summed E-state index contributed by atoms with van der Waals surface area (Å²) in [6.45, 7) is 10.3. The number of esters is 1. The molecule has 0 aromatic rings. The molecule has 0 radical (unpaired) electrons. The quantitative estimate of drug-likeness (QED) is 0.406. The van der Waals surface area contributed by atoms with Gasteiger partial charge in [-0.15, -0.1) is 0 Å². The molecule has 5 heteroatoms. The number of fused-ring (bicyclic) bond motifs is 1. The molecule has 3 rings (SSSR count). The second-order valence-electron chi connectivity index (χ2n) is 9.17. The van der Waals surface area contributed by atoms with Crippen molar-refractivity contribution in [2.24, 2.45) is 22.7 Å². The summed E-state index contributed by atoms with van der Waals surface area (Å²) < 4.78 is 4.91. The van der Waals surface area contributed by atoms with E-state index in [2.05, 4.69) is 13.5 Å². The smallest absolute Gasteiger partial charge is 0.336 e. The average molecular weight is 364 g/mol. The Bertz CT molecular complexity index is 636. The molecular weight excluding hydrogens is 332 g/mol. The zero-order chi connectivity index (χ0) is 19.3. The molecule has 0 aromatic heterocycles. The Morgan fingerprint density at radius 2 is 2.00 bits per heavy atom. The van der Waals surface area contributed by atoms with E-state index in [1.54, 1.807) is 0 Å². The van der Waals surface area contributed by atoms with Gasteiger partial charge in [-0.1, -0.05) is 32.1 Å². The maximum absolute atomic E-state index is 11.8. The molecule has 0 bridgehead atoms. The first-order chi connectivity index (χ1) is 12.1. The molecule has 3 N–H and O–H groups in total. The number of rotatable bonds is 3. The molecule has 1 heterocycles. The summed E-state index contributed by atoms with van der Waals surface area (Å²) in [5, 5.41) is 31.1. The molecule has 1 saturated heterocycles. The molecule has 26 heavy (non-hydrogen) atoms. The highest BCUT2D eigenvalue weighted by molar-refractivity contribution is 5.91. The van der Waals surface area contributed by atoms with Crippen LogP contribution in [-0.2, 0) is 9.53 Å². The standard InChI is InChI=1S/C21H32O5/c1-13-5-8-17-19(2,9-10-21(4,25)20(17,3)12-22)15(13)7-6-14-16(23)11-26-18(14)24/h6,15-17,22-23,25H,1,5,7-12H2,2-4H3/b14-6+/t15-,16+,17-,19-,20+,21-/m0/s1. The van der Waals surface area contributed by atoms with Crippen molar-refractivity contribution in [2.75, 3.05) is 13.2 Å². The van der Waals surface area contributed by atoms with E-state index in [4.69, 9.17) is 4.74 Å². The Kier molecular flexibility index (Phi) is 4.87. The van der Waals surface area contributed by atoms with Gasteiger partial charge in [-0.25, -0.2) is 4.79 Å². The zero-order valence-corrected chi connectivity index (χ0v) is 16.1. The van der Waals surface area contributed by atoms with Crippen LogP contribution < -0.4 is 0 Å². The highest BCUT2D eigenvalue weighted by atomic mass is 16.6. The van der Waals surface area contributed by atoms with Crippen molar-refractivity contribution in [2.45, 2.75) is 64.6 Å². The first-order valence-electron chi connectivity index (χ1n) is 9.63. The van der Waals surface area contributed by atoms with Gasteiger partial charge in [0.15, 0.2) is 0 Å². The van der Waals surface area contributed by atoms with Crippen molar-refractivity contribution in [3.8, 4) is 0 Å². The molecule has 3 aliphatic rings. The Balaban J connectivity index is 1.92. The molecule has 0 unspecified atom stereocenters. The number of aliphatic hydroxyl groups excluding tert-OH is 2. The van der Waals surface area contributed by atoms with Crippen LogP contribution in [0.5, 0.6) is 0 Å². The summed E-state index contributed by atoms with van der Waals surface area (Å²) in [5.41, 5.74) is -0.0872. The Labute approximate surface area is 155 Å². The predicted octanol–water partition coefficient (Wildman–Crippen LogP) is 2.35. The number of carbonyl (C=O) groups excluding carboxylic acids is 1. The highest BCUT2D eigenvalue weighted by Gasteiger charge is 2.61. The van der Waals surface area contributed by atoms with Crippen LogP contribution in [0.2, 0.25) is 0 Å². The van der Waals surface area contributed by atoms with E-state index in [-0.39, 0.29) is 30.5 Å². The number of ether oxygens (including phenoxy) is 1. The number of hydrogen-bond donors (Lipinski definition) is 3. The average Bonchev–Trinajstić information content (AvgIpc) is 2.90. The maximum atomic E-state index is 11.8. The van der Waals surface area contributed by atoms with Crippen LogP contribution in [0.3, 0.4) is 0 Å². The minimum Gasteiger partial charge on any atom is -0.459 e. The normalized spacial score (nSPS) is 47.8. The van der Waals surface area contributed by atoms with Crippen molar-refractivity contribution < 1.29 is 24.9 Å². The van der Waals surface area contributed by atoms with E-state index in [1.165, 1.54) is 0 Å². The zero-order valence-electron chi connectivity index (χ0n) is 16.1. The monoisotopic (exact) mass is 364 g/mol. The molecule has 0 amide bonds. The minimum atomic E-state index is -0.904. The lowest BCUT2D eigenvalue weighted by atomic mass is 9.43. The van der Waals surface area contributed by atoms with Crippen LogP contribution in [0.25, 0.3) is 0 Å². The summed E-state index contributed by atoms with van der Waals surface area (Å²) >= 11 is 0. The van der Waals surface area contributed by atoms with E-state index in [1.807, 2.05) is 19.9 Å². The van der Waals surface area contributed by atoms with E-state index >= 15 is 0 Å². The van der Waals surface area contributed by atoms with Crippen LogP contribution >= 0.6 is 0 Å². The molecule has 5 nitrogen and oxygen atoms in total. The van der Waals surface area contributed by atoms with Crippen LogP contribution in [0, 0.1) is 22.7 Å². The maximum Gasteiger partial charge on any atom is 0.336 e. The molecular formula is C21H32O5. The Morgan fingerprint density at radius 1 is 1.31 bits per heavy atom. The van der Waals surface area contributed by atoms with Gasteiger partial charge >= 0.3 is 5.97 Å². The van der Waals surface area contributed by atoms with Gasteiger partial charge in [0.25, 0.3) is 0 Å².